The van der Waals surface area contributed by atoms with Crippen LogP contribution in [-0.4, -0.2) is 4.98 Å². The lowest BCUT2D eigenvalue weighted by Crippen LogP contribution is -2.06. The minimum atomic E-state index is -2.29. The van der Waals surface area contributed by atoms with E-state index in [-0.39, 0.29) is 22.8 Å². The van der Waals surface area contributed by atoms with Crippen LogP contribution in [-0.2, 0) is 0 Å². The average molecular weight is 351 g/mol. The van der Waals surface area contributed by atoms with Gasteiger partial charge in [0.05, 0.1) is 17.4 Å². The van der Waals surface area contributed by atoms with Crippen molar-refractivity contribution in [3.63, 3.8) is 0 Å². The Morgan fingerprint density at radius 3 is 2.12 bits per heavy atom. The molecule has 0 fully saturated rings. The summed E-state index contributed by atoms with van der Waals surface area (Å²) in [5.74, 6) is -11.0. The fourth-order valence-electron chi connectivity index (χ4n) is 2.25. The fraction of sp³-hybridized carbons (Fsp3) is 0. The maximum absolute atomic E-state index is 14.2. The molecule has 0 aliphatic rings. The standard InChI is InChI=1S/C16H6F5N3O/c17-10-9(11(18)13(20)14(21)12(10)19)7-4-6(5-22)16(23)24-15(7)8-2-1-3-25-8/h1-4H,(H2,23,24). The first-order chi connectivity index (χ1) is 11.9. The van der Waals surface area contributed by atoms with Crippen molar-refractivity contribution in [2.75, 3.05) is 5.73 Å². The van der Waals surface area contributed by atoms with Gasteiger partial charge < -0.3 is 10.2 Å². The zero-order valence-corrected chi connectivity index (χ0v) is 12.1. The number of rotatable bonds is 2. The van der Waals surface area contributed by atoms with Crippen molar-refractivity contribution in [1.29, 1.82) is 5.26 Å². The molecule has 0 atom stereocenters. The van der Waals surface area contributed by atoms with Crippen LogP contribution < -0.4 is 5.73 Å². The number of furan rings is 1. The van der Waals surface area contributed by atoms with E-state index in [4.69, 9.17) is 15.4 Å². The maximum atomic E-state index is 14.2. The number of anilines is 1. The summed E-state index contributed by atoms with van der Waals surface area (Å²) >= 11 is 0. The van der Waals surface area contributed by atoms with Crippen LogP contribution in [0.3, 0.4) is 0 Å². The Balaban J connectivity index is 2.45. The van der Waals surface area contributed by atoms with Crippen LogP contribution >= 0.6 is 0 Å². The van der Waals surface area contributed by atoms with Gasteiger partial charge in [-0.25, -0.2) is 26.9 Å². The molecular weight excluding hydrogens is 345 g/mol. The molecule has 3 aromatic rings. The van der Waals surface area contributed by atoms with Gasteiger partial charge in [0.25, 0.3) is 0 Å². The fourth-order valence-corrected chi connectivity index (χ4v) is 2.25. The Hall–Kier alpha value is -3.41. The van der Waals surface area contributed by atoms with Gasteiger partial charge in [-0.05, 0) is 18.2 Å². The van der Waals surface area contributed by atoms with E-state index >= 15 is 0 Å². The second kappa shape index (κ2) is 5.90. The molecule has 25 heavy (non-hydrogen) atoms. The van der Waals surface area contributed by atoms with Gasteiger partial charge in [0.15, 0.2) is 29.0 Å². The minimum absolute atomic E-state index is 0.0323. The van der Waals surface area contributed by atoms with Crippen molar-refractivity contribution in [1.82, 2.24) is 4.98 Å². The number of hydrogen-bond acceptors (Lipinski definition) is 4. The number of nitriles is 1. The summed E-state index contributed by atoms with van der Waals surface area (Å²) in [4.78, 5) is 3.82. The largest absolute Gasteiger partial charge is 0.463 e. The first-order valence-corrected chi connectivity index (χ1v) is 6.63. The van der Waals surface area contributed by atoms with Crippen molar-refractivity contribution in [2.45, 2.75) is 0 Å². The molecule has 3 rings (SSSR count). The molecule has 0 saturated carbocycles. The predicted octanol–water partition coefficient (Wildman–Crippen LogP) is 4.16. The summed E-state index contributed by atoms with van der Waals surface area (Å²) in [5, 5.41) is 9.01. The Morgan fingerprint density at radius 2 is 1.60 bits per heavy atom. The highest BCUT2D eigenvalue weighted by atomic mass is 19.2. The molecule has 126 valence electrons. The predicted molar refractivity (Wildman–Crippen MR) is 76.3 cm³/mol. The Labute approximate surface area is 136 Å². The van der Waals surface area contributed by atoms with Crippen LogP contribution in [0.15, 0.2) is 28.9 Å². The van der Waals surface area contributed by atoms with Gasteiger partial charge in [0.2, 0.25) is 5.82 Å². The summed E-state index contributed by atoms with van der Waals surface area (Å²) in [6.07, 6.45) is 1.22. The van der Waals surface area contributed by atoms with Gasteiger partial charge >= 0.3 is 0 Å². The SMILES string of the molecule is N#Cc1cc(-c2c(F)c(F)c(F)c(F)c2F)c(-c2ccco2)nc1N. The second-order valence-corrected chi connectivity index (χ2v) is 4.85. The Bertz CT molecular complexity index is 996. The number of hydrogen-bond donors (Lipinski definition) is 1. The van der Waals surface area contributed by atoms with E-state index in [0.717, 1.165) is 6.07 Å². The topological polar surface area (TPSA) is 75.8 Å². The van der Waals surface area contributed by atoms with Gasteiger partial charge in [0, 0.05) is 5.56 Å². The van der Waals surface area contributed by atoms with E-state index in [1.165, 1.54) is 18.4 Å². The third-order valence-electron chi connectivity index (χ3n) is 3.41. The van der Waals surface area contributed by atoms with Crippen LogP contribution in [0.5, 0.6) is 0 Å². The molecule has 0 bridgehead atoms. The monoisotopic (exact) mass is 351 g/mol. The highest BCUT2D eigenvalue weighted by Crippen LogP contribution is 2.38. The van der Waals surface area contributed by atoms with Crippen molar-refractivity contribution in [3.05, 3.63) is 59.1 Å². The first kappa shape index (κ1) is 16.4. The molecule has 0 radical (unpaired) electrons. The first-order valence-electron chi connectivity index (χ1n) is 6.63. The van der Waals surface area contributed by atoms with Gasteiger partial charge in [-0.1, -0.05) is 0 Å². The van der Waals surface area contributed by atoms with Crippen LogP contribution in [0.4, 0.5) is 27.8 Å². The van der Waals surface area contributed by atoms with Crippen LogP contribution in [0, 0.1) is 40.4 Å². The van der Waals surface area contributed by atoms with Gasteiger partial charge in [-0.15, -0.1) is 0 Å². The highest BCUT2D eigenvalue weighted by Gasteiger charge is 2.29. The molecule has 0 saturated heterocycles. The number of halogens is 5. The normalized spacial score (nSPS) is 10.7. The van der Waals surface area contributed by atoms with Crippen LogP contribution in [0.25, 0.3) is 22.6 Å². The number of aromatic nitrogens is 1. The number of nitrogen functional groups attached to an aromatic ring is 1. The highest BCUT2D eigenvalue weighted by molar-refractivity contribution is 5.82. The lowest BCUT2D eigenvalue weighted by molar-refractivity contribution is 0.381. The molecule has 0 unspecified atom stereocenters. The molecule has 2 heterocycles. The molecular formula is C16H6F5N3O. The third-order valence-corrected chi connectivity index (χ3v) is 3.41. The van der Waals surface area contributed by atoms with E-state index in [2.05, 4.69) is 4.98 Å². The van der Waals surface area contributed by atoms with Crippen LogP contribution in [0.2, 0.25) is 0 Å². The molecule has 0 aliphatic carbocycles. The Morgan fingerprint density at radius 1 is 1.00 bits per heavy atom. The summed E-state index contributed by atoms with van der Waals surface area (Å²) in [6.45, 7) is 0. The summed E-state index contributed by atoms with van der Waals surface area (Å²) in [7, 11) is 0. The third kappa shape index (κ3) is 2.48. The zero-order valence-electron chi connectivity index (χ0n) is 12.1. The Kier molecular flexibility index (Phi) is 3.88. The van der Waals surface area contributed by atoms with Gasteiger partial charge in [-0.2, -0.15) is 5.26 Å². The number of pyridine rings is 1. The lowest BCUT2D eigenvalue weighted by Gasteiger charge is -2.12. The maximum Gasteiger partial charge on any atom is 0.200 e. The summed E-state index contributed by atoms with van der Waals surface area (Å²) in [6, 6.07) is 5.30. The number of nitrogens with two attached hydrogens (primary N) is 1. The zero-order chi connectivity index (χ0) is 18.3. The molecule has 2 aromatic heterocycles. The quantitative estimate of drug-likeness (QED) is 0.427. The summed E-state index contributed by atoms with van der Waals surface area (Å²) < 4.78 is 73.7. The minimum Gasteiger partial charge on any atom is -0.463 e. The van der Waals surface area contributed by atoms with Crippen molar-refractivity contribution in [3.8, 4) is 28.7 Å². The second-order valence-electron chi connectivity index (χ2n) is 4.85. The van der Waals surface area contributed by atoms with Crippen molar-refractivity contribution < 1.29 is 26.4 Å². The van der Waals surface area contributed by atoms with E-state index in [1.54, 1.807) is 6.07 Å². The molecule has 2 N–H and O–H groups in total. The lowest BCUT2D eigenvalue weighted by atomic mass is 9.98. The van der Waals surface area contributed by atoms with Crippen LogP contribution in [0.1, 0.15) is 5.56 Å². The molecule has 0 spiro atoms. The van der Waals surface area contributed by atoms with Gasteiger partial charge in [-0.3, -0.25) is 0 Å². The van der Waals surface area contributed by atoms with Gasteiger partial charge in [0.1, 0.15) is 17.6 Å². The average Bonchev–Trinajstić information content (AvgIpc) is 3.13. The molecule has 1 aromatic carbocycles. The van der Waals surface area contributed by atoms with Crippen molar-refractivity contribution >= 4 is 5.82 Å². The molecule has 0 amide bonds. The summed E-state index contributed by atoms with van der Waals surface area (Å²) in [5.41, 5.74) is 3.25. The molecule has 4 nitrogen and oxygen atoms in total. The number of benzene rings is 1. The van der Waals surface area contributed by atoms with E-state index in [1.807, 2.05) is 0 Å². The molecule has 0 aliphatic heterocycles. The van der Waals surface area contributed by atoms with Crippen molar-refractivity contribution in [2.24, 2.45) is 0 Å². The number of nitrogens with zero attached hydrogens (tertiary/aromatic N) is 2. The van der Waals surface area contributed by atoms with E-state index in [0.29, 0.717) is 0 Å². The van der Waals surface area contributed by atoms with E-state index in [9.17, 15) is 22.0 Å². The van der Waals surface area contributed by atoms with E-state index < -0.39 is 40.2 Å². The molecule has 9 heteroatoms. The smallest absolute Gasteiger partial charge is 0.200 e.